The molecule has 1 saturated carbocycles. The number of carbonyl (C=O) groups excluding carboxylic acids is 1. The van der Waals surface area contributed by atoms with E-state index in [9.17, 15) is 18.7 Å². The number of methoxy groups -OCH3 is 1. The monoisotopic (exact) mass is 567 g/mol. The number of aliphatic hydroxyl groups is 1. The lowest BCUT2D eigenvalue weighted by Crippen LogP contribution is -2.36. The first-order chi connectivity index (χ1) is 19.5. The number of amides is 1. The average Bonchev–Trinajstić information content (AvgIpc) is 3.50. The lowest BCUT2D eigenvalue weighted by Gasteiger charge is -2.24. The quantitative estimate of drug-likeness (QED) is 0.302. The molecule has 0 unspecified atom stereocenters. The first-order valence-electron chi connectivity index (χ1n) is 12.9. The number of pyridine rings is 1. The second-order valence-corrected chi connectivity index (χ2v) is 10.3. The topological polar surface area (TPSA) is 169 Å². The van der Waals surface area contributed by atoms with Crippen molar-refractivity contribution in [3.05, 3.63) is 48.2 Å². The van der Waals surface area contributed by atoms with Crippen molar-refractivity contribution >= 4 is 17.3 Å². The first kappa shape index (κ1) is 29.3. The number of alkyl halides is 1. The highest BCUT2D eigenvalue weighted by atomic mass is 19.1. The van der Waals surface area contributed by atoms with Crippen molar-refractivity contribution < 1.29 is 23.4 Å². The Morgan fingerprint density at radius 1 is 1.34 bits per heavy atom. The first-order valence-corrected chi connectivity index (χ1v) is 12.9. The van der Waals surface area contributed by atoms with E-state index in [1.807, 2.05) is 6.07 Å². The molecule has 0 spiro atoms. The predicted octanol–water partition coefficient (Wildman–Crippen LogP) is 3.50. The number of rotatable bonds is 7. The summed E-state index contributed by atoms with van der Waals surface area (Å²) in [5, 5.41) is 33.0. The molecular formula is C27H31F2N9O3. The van der Waals surface area contributed by atoms with Crippen molar-refractivity contribution in [3.63, 3.8) is 0 Å². The van der Waals surface area contributed by atoms with Gasteiger partial charge in [0.15, 0.2) is 5.69 Å². The molecule has 1 aliphatic carbocycles. The minimum Gasteiger partial charge on any atom is -0.453 e. The van der Waals surface area contributed by atoms with Crippen LogP contribution in [0.25, 0.3) is 28.2 Å². The van der Waals surface area contributed by atoms with Crippen molar-refractivity contribution in [2.75, 3.05) is 19.4 Å². The van der Waals surface area contributed by atoms with Crippen molar-refractivity contribution in [1.82, 2.24) is 34.9 Å². The van der Waals surface area contributed by atoms with Gasteiger partial charge in [-0.3, -0.25) is 4.98 Å². The number of nitriles is 1. The Balaban J connectivity index is 0.000000328. The van der Waals surface area contributed by atoms with Gasteiger partial charge in [-0.05, 0) is 56.9 Å². The molecule has 216 valence electrons. The number of fused-ring (bicyclic) bond motifs is 1. The van der Waals surface area contributed by atoms with Crippen molar-refractivity contribution in [2.45, 2.75) is 51.4 Å². The molecule has 0 radical (unpaired) electrons. The maximum Gasteiger partial charge on any atom is 0.406 e. The maximum atomic E-state index is 14.8. The summed E-state index contributed by atoms with van der Waals surface area (Å²) in [6.45, 7) is 2.86. The van der Waals surface area contributed by atoms with Gasteiger partial charge in [-0.25, -0.2) is 18.4 Å². The molecule has 0 aromatic carbocycles. The van der Waals surface area contributed by atoms with E-state index in [4.69, 9.17) is 11.0 Å². The SMILES string of the molecule is CC(C)(O)[C@H](F)Cn1nnc(-c2cnc(-c3ccc4cc(C#N)cnn34)cc2N)c1F.COC(=O)NCC1CCC1. The molecule has 0 bridgehead atoms. The zero-order chi connectivity index (χ0) is 29.7. The molecule has 12 nitrogen and oxygen atoms in total. The highest BCUT2D eigenvalue weighted by molar-refractivity contribution is 5.77. The van der Waals surface area contributed by atoms with E-state index in [0.29, 0.717) is 28.4 Å². The average molecular weight is 568 g/mol. The zero-order valence-corrected chi connectivity index (χ0v) is 22.9. The molecule has 4 N–H and O–H groups in total. The number of alkyl carbamates (subject to hydrolysis) is 1. The van der Waals surface area contributed by atoms with Gasteiger partial charge in [0.05, 0.1) is 47.9 Å². The number of aromatic nitrogens is 6. The zero-order valence-electron chi connectivity index (χ0n) is 22.9. The summed E-state index contributed by atoms with van der Waals surface area (Å²) in [6.07, 6.45) is 4.56. The molecule has 41 heavy (non-hydrogen) atoms. The molecule has 4 aromatic heterocycles. The minimum absolute atomic E-state index is 0.170. The summed E-state index contributed by atoms with van der Waals surface area (Å²) in [5.74, 6) is -0.175. The summed E-state index contributed by atoms with van der Waals surface area (Å²) < 4.78 is 35.6. The highest BCUT2D eigenvalue weighted by Gasteiger charge is 2.29. The highest BCUT2D eigenvalue weighted by Crippen LogP contribution is 2.30. The van der Waals surface area contributed by atoms with Crippen LogP contribution in [0.2, 0.25) is 0 Å². The number of nitrogens with two attached hydrogens (primary N) is 1. The fourth-order valence-electron chi connectivity index (χ4n) is 4.02. The number of ether oxygens (including phenoxy) is 1. The number of halogens is 2. The largest absolute Gasteiger partial charge is 0.453 e. The van der Waals surface area contributed by atoms with Gasteiger partial charge in [-0.15, -0.1) is 5.10 Å². The Morgan fingerprint density at radius 3 is 2.71 bits per heavy atom. The van der Waals surface area contributed by atoms with Crippen LogP contribution in [0.5, 0.6) is 0 Å². The standard InChI is InChI=1S/C20H18F2N8O.C7H13NO2/c1-20(2,31)17(21)10-29-19(22)18(27-28-29)13-9-25-15(6-14(13)24)16-4-3-12-5-11(7-23)8-26-30(12)16;1-10-7(9)8-5-6-3-2-4-6/h3-6,8-9,17,31H,10H2,1-2H3,(H2,24,25);6H,2-5H2,1H3,(H,8,9)/t17-;/m1./s1. The van der Waals surface area contributed by atoms with Crippen LogP contribution in [0, 0.1) is 23.2 Å². The summed E-state index contributed by atoms with van der Waals surface area (Å²) in [6, 6.07) is 8.83. The third kappa shape index (κ3) is 6.75. The van der Waals surface area contributed by atoms with Gasteiger partial charge in [-0.2, -0.15) is 14.8 Å². The van der Waals surface area contributed by atoms with Gasteiger partial charge < -0.3 is 20.9 Å². The van der Waals surface area contributed by atoms with Gasteiger partial charge in [0, 0.05) is 24.0 Å². The van der Waals surface area contributed by atoms with Crippen LogP contribution in [-0.4, -0.2) is 66.2 Å². The number of nitrogens with one attached hydrogen (secondary N) is 1. The van der Waals surface area contributed by atoms with Crippen molar-refractivity contribution in [1.29, 1.82) is 5.26 Å². The summed E-state index contributed by atoms with van der Waals surface area (Å²) >= 11 is 0. The Morgan fingerprint density at radius 2 is 2.10 bits per heavy atom. The summed E-state index contributed by atoms with van der Waals surface area (Å²) in [7, 11) is 1.39. The van der Waals surface area contributed by atoms with E-state index >= 15 is 0 Å². The van der Waals surface area contributed by atoms with Gasteiger partial charge in [0.2, 0.25) is 5.95 Å². The number of hydrogen-bond acceptors (Lipinski definition) is 9. The van der Waals surface area contributed by atoms with E-state index in [-0.39, 0.29) is 23.0 Å². The Hall–Kier alpha value is -4.64. The van der Waals surface area contributed by atoms with Gasteiger partial charge in [0.25, 0.3) is 0 Å². The molecule has 4 heterocycles. The number of nitrogen functional groups attached to an aromatic ring is 1. The normalized spacial score (nSPS) is 14.0. The van der Waals surface area contributed by atoms with E-state index in [1.54, 1.807) is 28.8 Å². The molecule has 1 fully saturated rings. The van der Waals surface area contributed by atoms with E-state index in [0.717, 1.165) is 11.2 Å². The van der Waals surface area contributed by atoms with Crippen LogP contribution in [-0.2, 0) is 11.3 Å². The van der Waals surface area contributed by atoms with Crippen LogP contribution in [0.4, 0.5) is 19.3 Å². The van der Waals surface area contributed by atoms with Crippen LogP contribution in [0.3, 0.4) is 0 Å². The number of hydrogen-bond donors (Lipinski definition) is 3. The molecule has 1 aliphatic rings. The Kier molecular flexibility index (Phi) is 8.77. The molecule has 5 rings (SSSR count). The summed E-state index contributed by atoms with van der Waals surface area (Å²) in [5.41, 5.74) is 6.95. The lowest BCUT2D eigenvalue weighted by atomic mass is 9.85. The third-order valence-corrected chi connectivity index (χ3v) is 6.80. The maximum absolute atomic E-state index is 14.8. The number of nitrogens with zero attached hydrogens (tertiary/aromatic N) is 7. The van der Waals surface area contributed by atoms with E-state index in [1.165, 1.54) is 52.6 Å². The van der Waals surface area contributed by atoms with Crippen LogP contribution < -0.4 is 11.1 Å². The molecule has 4 aromatic rings. The number of anilines is 1. The van der Waals surface area contributed by atoms with E-state index < -0.39 is 24.3 Å². The molecule has 0 aliphatic heterocycles. The van der Waals surface area contributed by atoms with Gasteiger partial charge in [-0.1, -0.05) is 11.6 Å². The second kappa shape index (κ2) is 12.3. The molecule has 1 amide bonds. The van der Waals surface area contributed by atoms with Gasteiger partial charge in [0.1, 0.15) is 12.2 Å². The summed E-state index contributed by atoms with van der Waals surface area (Å²) in [4.78, 5) is 14.9. The Bertz CT molecular complexity index is 1570. The lowest BCUT2D eigenvalue weighted by molar-refractivity contribution is -0.0133. The van der Waals surface area contributed by atoms with Gasteiger partial charge >= 0.3 is 6.09 Å². The smallest absolute Gasteiger partial charge is 0.406 e. The number of carbonyl (C=O) groups is 1. The van der Waals surface area contributed by atoms with Crippen LogP contribution in [0.1, 0.15) is 38.7 Å². The molecule has 14 heteroatoms. The van der Waals surface area contributed by atoms with Crippen molar-refractivity contribution in [3.8, 4) is 28.7 Å². The third-order valence-electron chi connectivity index (χ3n) is 6.80. The fourth-order valence-corrected chi connectivity index (χ4v) is 4.02. The fraction of sp³-hybridized carbons (Fsp3) is 0.407. The van der Waals surface area contributed by atoms with E-state index in [2.05, 4.69) is 30.4 Å². The molecular weight excluding hydrogens is 536 g/mol. The molecule has 1 atom stereocenters. The predicted molar refractivity (Wildman–Crippen MR) is 145 cm³/mol. The van der Waals surface area contributed by atoms with Crippen molar-refractivity contribution in [2.24, 2.45) is 5.92 Å². The second-order valence-electron chi connectivity index (χ2n) is 10.3. The molecule has 0 saturated heterocycles. The minimum atomic E-state index is -1.74. The van der Waals surface area contributed by atoms with Crippen LogP contribution >= 0.6 is 0 Å². The van der Waals surface area contributed by atoms with Crippen LogP contribution in [0.15, 0.2) is 36.7 Å². The Labute approximate surface area is 234 Å².